The molecule has 0 radical (unpaired) electrons. The van der Waals surface area contributed by atoms with E-state index in [2.05, 4.69) is 42.5 Å². The van der Waals surface area contributed by atoms with Crippen molar-refractivity contribution in [2.24, 2.45) is 11.8 Å². The van der Waals surface area contributed by atoms with E-state index < -0.39 is 0 Å². The molecule has 0 aliphatic heterocycles. The Hall–Kier alpha value is -1.80. The van der Waals surface area contributed by atoms with Gasteiger partial charge in [0.05, 0.1) is 0 Å². The van der Waals surface area contributed by atoms with Gasteiger partial charge in [0.25, 0.3) is 0 Å². The van der Waals surface area contributed by atoms with Crippen LogP contribution in [-0.2, 0) is 4.79 Å². The van der Waals surface area contributed by atoms with Crippen LogP contribution < -0.4 is 0 Å². The maximum absolute atomic E-state index is 12.1. The maximum atomic E-state index is 12.1. The van der Waals surface area contributed by atoms with Gasteiger partial charge in [0.2, 0.25) is 0 Å². The standard InChI is InChI=1S/C18H14OS/c19-16(10-20)14-8-6-13-5-4-11-2-1-3-12-7-9-15(14)18(13)17(11)12/h1-7,10,17-18H,8-9H2. The molecule has 2 atom stereocenters. The minimum atomic E-state index is 0.0218. The van der Waals surface area contributed by atoms with Crippen LogP contribution in [0.15, 0.2) is 70.4 Å². The summed E-state index contributed by atoms with van der Waals surface area (Å²) in [6.07, 6.45) is 17.0. The topological polar surface area (TPSA) is 17.1 Å². The van der Waals surface area contributed by atoms with Gasteiger partial charge in [-0.25, -0.2) is 0 Å². The van der Waals surface area contributed by atoms with Crippen molar-refractivity contribution >= 4 is 23.4 Å². The summed E-state index contributed by atoms with van der Waals surface area (Å²) in [4.78, 5) is 12.1. The van der Waals surface area contributed by atoms with E-state index in [-0.39, 0.29) is 5.78 Å². The summed E-state index contributed by atoms with van der Waals surface area (Å²) in [6, 6.07) is 0. The number of allylic oxidation sites excluding steroid dienone is 12. The highest BCUT2D eigenvalue weighted by Crippen LogP contribution is 2.51. The summed E-state index contributed by atoms with van der Waals surface area (Å²) in [5.41, 5.74) is 6.32. The Labute approximate surface area is 123 Å². The Morgan fingerprint density at radius 3 is 2.65 bits per heavy atom. The Bertz CT molecular complexity index is 710. The molecular formula is C18H14OS. The summed E-state index contributed by atoms with van der Waals surface area (Å²) in [7, 11) is 0. The summed E-state index contributed by atoms with van der Waals surface area (Å²) in [6.45, 7) is 0. The Kier molecular flexibility index (Phi) is 2.61. The normalized spacial score (nSPS) is 29.3. The Morgan fingerprint density at radius 2 is 1.80 bits per heavy atom. The van der Waals surface area contributed by atoms with Gasteiger partial charge in [-0.2, -0.15) is 0 Å². The van der Waals surface area contributed by atoms with Gasteiger partial charge in [-0.05, 0) is 29.6 Å². The minimum Gasteiger partial charge on any atom is -0.289 e. The van der Waals surface area contributed by atoms with Crippen molar-refractivity contribution in [2.75, 3.05) is 0 Å². The number of rotatable bonds is 2. The van der Waals surface area contributed by atoms with Crippen molar-refractivity contribution in [1.82, 2.24) is 0 Å². The molecule has 0 heterocycles. The fourth-order valence-corrected chi connectivity index (χ4v) is 3.98. The van der Waals surface area contributed by atoms with Crippen LogP contribution in [0.25, 0.3) is 0 Å². The van der Waals surface area contributed by atoms with Crippen LogP contribution in [0.2, 0.25) is 0 Å². The molecule has 0 fully saturated rings. The van der Waals surface area contributed by atoms with E-state index in [9.17, 15) is 4.79 Å². The zero-order valence-corrected chi connectivity index (χ0v) is 11.8. The van der Waals surface area contributed by atoms with Crippen LogP contribution in [-0.4, -0.2) is 11.2 Å². The molecule has 4 rings (SSSR count). The summed E-state index contributed by atoms with van der Waals surface area (Å²) < 4.78 is 0. The third-order valence-corrected chi connectivity index (χ3v) is 4.94. The van der Waals surface area contributed by atoms with Crippen LogP contribution in [0.3, 0.4) is 0 Å². The fourth-order valence-electron chi connectivity index (χ4n) is 3.84. The van der Waals surface area contributed by atoms with Gasteiger partial charge < -0.3 is 0 Å². The van der Waals surface area contributed by atoms with Gasteiger partial charge in [0, 0.05) is 22.8 Å². The first-order valence-corrected chi connectivity index (χ1v) is 7.44. The molecule has 0 saturated carbocycles. The van der Waals surface area contributed by atoms with E-state index in [1.165, 1.54) is 27.7 Å². The van der Waals surface area contributed by atoms with Crippen molar-refractivity contribution in [2.45, 2.75) is 12.8 Å². The fraction of sp³-hybridized carbons (Fsp3) is 0.222. The van der Waals surface area contributed by atoms with Crippen LogP contribution in [0.1, 0.15) is 12.8 Å². The van der Waals surface area contributed by atoms with Crippen molar-refractivity contribution in [1.29, 1.82) is 0 Å². The lowest BCUT2D eigenvalue weighted by Gasteiger charge is -2.42. The SMILES string of the molecule is O=C(C=S)C1=C2CC=C3C=CC=C4C=CC(=CC1)C2C43. The predicted molar refractivity (Wildman–Crippen MR) is 84.4 cm³/mol. The third-order valence-electron chi connectivity index (χ3n) is 4.72. The van der Waals surface area contributed by atoms with Crippen LogP contribution in [0, 0.1) is 11.8 Å². The molecule has 1 nitrogen and oxygen atoms in total. The molecule has 0 amide bonds. The lowest BCUT2D eigenvalue weighted by Crippen LogP contribution is -2.31. The molecule has 4 aliphatic rings. The zero-order valence-electron chi connectivity index (χ0n) is 11.0. The molecule has 0 aromatic carbocycles. The van der Waals surface area contributed by atoms with E-state index in [1.807, 2.05) is 0 Å². The largest absolute Gasteiger partial charge is 0.289 e. The highest BCUT2D eigenvalue weighted by molar-refractivity contribution is 7.80. The molecule has 98 valence electrons. The Morgan fingerprint density at radius 1 is 1.05 bits per heavy atom. The highest BCUT2D eigenvalue weighted by atomic mass is 32.1. The first-order valence-electron chi connectivity index (χ1n) is 6.97. The number of hydrogen-bond acceptors (Lipinski definition) is 2. The van der Waals surface area contributed by atoms with Gasteiger partial charge in [-0.3, -0.25) is 4.79 Å². The molecule has 0 aromatic rings. The second-order valence-corrected chi connectivity index (χ2v) is 5.85. The van der Waals surface area contributed by atoms with E-state index >= 15 is 0 Å². The first-order chi connectivity index (χ1) is 9.79. The van der Waals surface area contributed by atoms with Gasteiger partial charge in [-0.15, -0.1) is 0 Å². The monoisotopic (exact) mass is 278 g/mol. The second kappa shape index (κ2) is 4.35. The molecule has 2 unspecified atom stereocenters. The summed E-state index contributed by atoms with van der Waals surface area (Å²) in [5.74, 6) is 0.764. The van der Waals surface area contributed by atoms with E-state index in [1.54, 1.807) is 0 Å². The van der Waals surface area contributed by atoms with E-state index in [0.717, 1.165) is 18.4 Å². The average Bonchev–Trinajstić information content (AvgIpc) is 2.51. The quantitative estimate of drug-likeness (QED) is 0.714. The first kappa shape index (κ1) is 12.0. The molecule has 2 heteroatoms. The van der Waals surface area contributed by atoms with Crippen molar-refractivity contribution in [3.05, 3.63) is 70.4 Å². The number of carbonyl (C=O) groups is 1. The molecular weight excluding hydrogens is 264 g/mol. The van der Waals surface area contributed by atoms with Crippen molar-refractivity contribution in [3.8, 4) is 0 Å². The number of hydrogen-bond donors (Lipinski definition) is 0. The van der Waals surface area contributed by atoms with Crippen molar-refractivity contribution in [3.63, 3.8) is 0 Å². The molecule has 0 bridgehead atoms. The maximum Gasteiger partial charge on any atom is 0.192 e. The molecule has 0 spiro atoms. The average molecular weight is 278 g/mol. The predicted octanol–water partition coefficient (Wildman–Crippen LogP) is 3.81. The zero-order chi connectivity index (χ0) is 13.7. The van der Waals surface area contributed by atoms with Crippen LogP contribution in [0.4, 0.5) is 0 Å². The highest BCUT2D eigenvalue weighted by Gasteiger charge is 2.40. The molecule has 20 heavy (non-hydrogen) atoms. The summed E-state index contributed by atoms with van der Waals surface area (Å²) in [5, 5.41) is 1.29. The number of thiocarbonyl (C=S) groups is 1. The van der Waals surface area contributed by atoms with Crippen LogP contribution in [0.5, 0.6) is 0 Å². The van der Waals surface area contributed by atoms with E-state index in [0.29, 0.717) is 11.8 Å². The summed E-state index contributed by atoms with van der Waals surface area (Å²) >= 11 is 4.85. The lowest BCUT2D eigenvalue weighted by molar-refractivity contribution is -0.109. The minimum absolute atomic E-state index is 0.0218. The van der Waals surface area contributed by atoms with Gasteiger partial charge >= 0.3 is 0 Å². The van der Waals surface area contributed by atoms with Gasteiger partial charge in [0.1, 0.15) is 0 Å². The van der Waals surface area contributed by atoms with Crippen molar-refractivity contribution < 1.29 is 4.79 Å². The van der Waals surface area contributed by atoms with Gasteiger partial charge in [-0.1, -0.05) is 60.3 Å². The van der Waals surface area contributed by atoms with Crippen LogP contribution >= 0.6 is 12.2 Å². The number of ketones is 1. The number of Topliss-reactive ketones (excluding diaryl/α,β-unsaturated/α-hetero) is 1. The smallest absolute Gasteiger partial charge is 0.192 e. The lowest BCUT2D eigenvalue weighted by atomic mass is 9.61. The Balaban J connectivity index is 1.93. The molecule has 0 saturated heterocycles. The van der Waals surface area contributed by atoms with E-state index in [4.69, 9.17) is 12.2 Å². The molecule has 0 aromatic heterocycles. The second-order valence-electron chi connectivity index (χ2n) is 5.62. The third kappa shape index (κ3) is 1.55. The van der Waals surface area contributed by atoms with Gasteiger partial charge in [0.15, 0.2) is 5.78 Å². The number of carbonyl (C=O) groups excluding carboxylic acids is 1. The molecule has 4 aliphatic carbocycles. The molecule has 0 N–H and O–H groups in total.